The van der Waals surface area contributed by atoms with Crippen LogP contribution < -0.4 is 4.90 Å². The second-order valence-electron chi connectivity index (χ2n) is 16.3. The van der Waals surface area contributed by atoms with Crippen LogP contribution in [0.1, 0.15) is 49.9 Å². The Hall–Kier alpha value is -6.15. The van der Waals surface area contributed by atoms with E-state index in [4.69, 9.17) is 11.6 Å². The van der Waals surface area contributed by atoms with Crippen molar-refractivity contribution in [3.05, 3.63) is 209 Å². The van der Waals surface area contributed by atoms with Gasteiger partial charge in [0.25, 0.3) is 0 Å². The monoisotopic (exact) mass is 739 g/mol. The summed E-state index contributed by atoms with van der Waals surface area (Å²) in [6, 6.07) is 66.3. The topological polar surface area (TPSA) is 3.24 Å². The van der Waals surface area contributed by atoms with Gasteiger partial charge in [-0.15, -0.1) is 0 Å². The third kappa shape index (κ3) is 5.45. The van der Waals surface area contributed by atoms with Crippen molar-refractivity contribution in [3.63, 3.8) is 0 Å². The normalized spacial score (nSPS) is 14.1. The van der Waals surface area contributed by atoms with Gasteiger partial charge in [-0.05, 0) is 127 Å². The fourth-order valence-corrected chi connectivity index (χ4v) is 9.54. The van der Waals surface area contributed by atoms with Gasteiger partial charge in [0, 0.05) is 38.5 Å². The van der Waals surface area contributed by atoms with Gasteiger partial charge in [0.05, 0.1) is 0 Å². The van der Waals surface area contributed by atoms with Gasteiger partial charge in [-0.25, -0.2) is 0 Å². The lowest BCUT2D eigenvalue weighted by molar-refractivity contribution is 0.652. The van der Waals surface area contributed by atoms with Crippen LogP contribution in [-0.4, -0.2) is 0 Å². The zero-order valence-electron chi connectivity index (χ0n) is 32.1. The van der Waals surface area contributed by atoms with E-state index in [1.807, 2.05) is 6.07 Å². The summed E-state index contributed by atoms with van der Waals surface area (Å²) in [4.78, 5) is 2.40. The van der Waals surface area contributed by atoms with E-state index in [-0.39, 0.29) is 10.8 Å². The molecule has 0 saturated carbocycles. The summed E-state index contributed by atoms with van der Waals surface area (Å²) in [7, 11) is 0. The third-order valence-corrected chi connectivity index (χ3v) is 12.7. The zero-order chi connectivity index (χ0) is 38.2. The van der Waals surface area contributed by atoms with Crippen LogP contribution in [0.25, 0.3) is 55.6 Å². The molecular weight excluding hydrogens is 698 g/mol. The standard InChI is InChI=1S/C54H42ClN/c1-53(2)47-16-11-17-51(55)52(47)46-34-49-45(33-50(46)53)44-31-30-43(32-48(44)54(49,3)4)56(41-26-22-39(23-27-41)36-14-9-6-10-15-36)42-28-24-40(25-29-42)38-20-18-37(19-21-38)35-12-7-5-8-13-35/h5-34H,1-4H3. The maximum Gasteiger partial charge on any atom is 0.0487 e. The van der Waals surface area contributed by atoms with Crippen LogP contribution in [0.2, 0.25) is 5.02 Å². The molecule has 0 N–H and O–H groups in total. The second-order valence-corrected chi connectivity index (χ2v) is 16.7. The number of halogens is 1. The molecule has 56 heavy (non-hydrogen) atoms. The number of benzene rings is 8. The Morgan fingerprint density at radius 1 is 0.339 bits per heavy atom. The van der Waals surface area contributed by atoms with E-state index in [0.29, 0.717) is 0 Å². The molecule has 2 aliphatic carbocycles. The van der Waals surface area contributed by atoms with E-state index in [9.17, 15) is 0 Å². The van der Waals surface area contributed by atoms with Crippen molar-refractivity contribution < 1.29 is 0 Å². The van der Waals surface area contributed by atoms with Crippen molar-refractivity contribution in [2.75, 3.05) is 4.90 Å². The van der Waals surface area contributed by atoms with Crippen molar-refractivity contribution in [1.82, 2.24) is 0 Å². The summed E-state index contributed by atoms with van der Waals surface area (Å²) in [6.45, 7) is 9.41. The zero-order valence-corrected chi connectivity index (χ0v) is 32.9. The average Bonchev–Trinajstić information content (AvgIpc) is 3.60. The Bertz CT molecular complexity index is 2760. The molecule has 8 aromatic rings. The fraction of sp³-hybridized carbons (Fsp3) is 0.111. The van der Waals surface area contributed by atoms with E-state index in [1.165, 1.54) is 77.9 Å². The first-order valence-corrected chi connectivity index (χ1v) is 19.9. The van der Waals surface area contributed by atoms with Crippen molar-refractivity contribution in [2.45, 2.75) is 38.5 Å². The molecule has 10 rings (SSSR count). The van der Waals surface area contributed by atoms with Crippen LogP contribution in [0.5, 0.6) is 0 Å². The van der Waals surface area contributed by atoms with E-state index in [2.05, 4.69) is 209 Å². The summed E-state index contributed by atoms with van der Waals surface area (Å²) in [6.07, 6.45) is 0. The molecule has 0 heterocycles. The van der Waals surface area contributed by atoms with Gasteiger partial charge in [-0.3, -0.25) is 0 Å². The molecule has 1 nitrogen and oxygen atoms in total. The highest BCUT2D eigenvalue weighted by Gasteiger charge is 2.42. The van der Waals surface area contributed by atoms with E-state index >= 15 is 0 Å². The molecule has 0 aromatic heterocycles. The molecule has 2 heteroatoms. The Morgan fingerprint density at radius 2 is 0.750 bits per heavy atom. The number of anilines is 3. The largest absolute Gasteiger partial charge is 0.310 e. The van der Waals surface area contributed by atoms with Crippen LogP contribution in [0.4, 0.5) is 17.1 Å². The Labute approximate surface area is 335 Å². The number of hydrogen-bond acceptors (Lipinski definition) is 1. The Balaban J connectivity index is 1.05. The van der Waals surface area contributed by atoms with E-state index < -0.39 is 0 Å². The van der Waals surface area contributed by atoms with Gasteiger partial charge in [0.2, 0.25) is 0 Å². The highest BCUT2D eigenvalue weighted by atomic mass is 35.5. The third-order valence-electron chi connectivity index (χ3n) is 12.4. The molecule has 0 aliphatic heterocycles. The average molecular weight is 740 g/mol. The van der Waals surface area contributed by atoms with Gasteiger partial charge in [-0.2, -0.15) is 0 Å². The maximum absolute atomic E-state index is 6.92. The Kier molecular flexibility index (Phi) is 7.96. The summed E-state index contributed by atoms with van der Waals surface area (Å²) in [5.41, 5.74) is 20.7. The molecule has 0 spiro atoms. The molecule has 0 radical (unpaired) electrons. The quantitative estimate of drug-likeness (QED) is 0.164. The first kappa shape index (κ1) is 34.3. The van der Waals surface area contributed by atoms with Gasteiger partial charge in [0.1, 0.15) is 0 Å². The van der Waals surface area contributed by atoms with Crippen molar-refractivity contribution >= 4 is 28.7 Å². The van der Waals surface area contributed by atoms with E-state index in [0.717, 1.165) is 22.1 Å². The molecule has 270 valence electrons. The van der Waals surface area contributed by atoms with Crippen LogP contribution in [0.3, 0.4) is 0 Å². The highest BCUT2D eigenvalue weighted by molar-refractivity contribution is 6.34. The van der Waals surface area contributed by atoms with Crippen molar-refractivity contribution in [2.24, 2.45) is 0 Å². The number of hydrogen-bond donors (Lipinski definition) is 0. The first-order chi connectivity index (χ1) is 27.2. The minimum atomic E-state index is -0.206. The molecule has 0 atom stereocenters. The van der Waals surface area contributed by atoms with Crippen LogP contribution in [0.15, 0.2) is 182 Å². The summed E-state index contributed by atoms with van der Waals surface area (Å²) < 4.78 is 0. The molecular formula is C54H42ClN. The highest BCUT2D eigenvalue weighted by Crippen LogP contribution is 2.58. The van der Waals surface area contributed by atoms with Gasteiger partial charge >= 0.3 is 0 Å². The lowest BCUT2D eigenvalue weighted by atomic mass is 9.79. The lowest BCUT2D eigenvalue weighted by Gasteiger charge is -2.28. The van der Waals surface area contributed by atoms with Gasteiger partial charge in [-0.1, -0.05) is 167 Å². The minimum absolute atomic E-state index is 0.129. The van der Waals surface area contributed by atoms with Crippen molar-refractivity contribution in [3.8, 4) is 55.6 Å². The molecule has 0 fully saturated rings. The smallest absolute Gasteiger partial charge is 0.0487 e. The Morgan fingerprint density at radius 3 is 1.29 bits per heavy atom. The predicted octanol–water partition coefficient (Wildman–Crippen LogP) is 15.4. The summed E-state index contributed by atoms with van der Waals surface area (Å²) in [5.74, 6) is 0. The number of nitrogens with zero attached hydrogens (tertiary/aromatic N) is 1. The summed E-state index contributed by atoms with van der Waals surface area (Å²) >= 11 is 6.92. The van der Waals surface area contributed by atoms with Crippen molar-refractivity contribution in [1.29, 1.82) is 0 Å². The molecule has 2 aliphatic rings. The minimum Gasteiger partial charge on any atom is -0.310 e. The molecule has 0 unspecified atom stereocenters. The molecule has 0 amide bonds. The predicted molar refractivity (Wildman–Crippen MR) is 238 cm³/mol. The van der Waals surface area contributed by atoms with Crippen LogP contribution >= 0.6 is 11.6 Å². The molecule has 8 aromatic carbocycles. The number of rotatable bonds is 6. The molecule has 0 bridgehead atoms. The maximum atomic E-state index is 6.92. The van der Waals surface area contributed by atoms with Gasteiger partial charge < -0.3 is 4.90 Å². The first-order valence-electron chi connectivity index (χ1n) is 19.5. The lowest BCUT2D eigenvalue weighted by Crippen LogP contribution is -2.17. The fourth-order valence-electron chi connectivity index (χ4n) is 9.27. The number of fused-ring (bicyclic) bond motifs is 6. The summed E-state index contributed by atoms with van der Waals surface area (Å²) in [5, 5.41) is 0.828. The SMILES string of the molecule is CC1(C)c2cc(N(c3ccc(-c4ccccc4)cc3)c3ccc(-c4ccc(-c5ccccc5)cc4)cc3)ccc2-c2cc3c(cc21)-c1c(Cl)cccc1C3(C)C. The molecule has 0 saturated heterocycles. The van der Waals surface area contributed by atoms with Crippen LogP contribution in [-0.2, 0) is 10.8 Å². The van der Waals surface area contributed by atoms with Crippen LogP contribution in [0, 0.1) is 0 Å². The van der Waals surface area contributed by atoms with Gasteiger partial charge in [0.15, 0.2) is 0 Å². The second kappa shape index (κ2) is 13.0. The van der Waals surface area contributed by atoms with E-state index in [1.54, 1.807) is 0 Å².